The van der Waals surface area contributed by atoms with Gasteiger partial charge in [-0.25, -0.2) is 4.79 Å². The van der Waals surface area contributed by atoms with Crippen LogP contribution >= 0.6 is 0 Å². The van der Waals surface area contributed by atoms with Gasteiger partial charge in [-0.2, -0.15) is 0 Å². The van der Waals surface area contributed by atoms with Crippen LogP contribution in [0.4, 0.5) is 0 Å². The summed E-state index contributed by atoms with van der Waals surface area (Å²) in [6, 6.07) is 19.0. The average molecular weight is 292 g/mol. The summed E-state index contributed by atoms with van der Waals surface area (Å²) in [4.78, 5) is 12.5. The topological polar surface area (TPSA) is 35.5 Å². The van der Waals surface area contributed by atoms with E-state index in [0.29, 0.717) is 11.3 Å². The standard InChI is InChI=1S/C19H16O3/c1-2-9-16-21-18(15-12-7-4-8-13-15)17(19(20)22-16)14-10-5-3-6-11-14/h2-13,16H,1H3/b9-2+/t16-/m0/s1. The number of cyclic esters (lactones) is 1. The average Bonchev–Trinajstić information content (AvgIpc) is 2.56. The van der Waals surface area contributed by atoms with Gasteiger partial charge in [0.15, 0.2) is 0 Å². The van der Waals surface area contributed by atoms with Crippen molar-refractivity contribution in [2.75, 3.05) is 0 Å². The third-order valence-electron chi connectivity index (χ3n) is 3.34. The lowest BCUT2D eigenvalue weighted by atomic mass is 10.00. The molecule has 22 heavy (non-hydrogen) atoms. The lowest BCUT2D eigenvalue weighted by Gasteiger charge is -2.26. The van der Waals surface area contributed by atoms with Crippen molar-refractivity contribution in [2.24, 2.45) is 0 Å². The highest BCUT2D eigenvalue weighted by Crippen LogP contribution is 2.33. The van der Waals surface area contributed by atoms with E-state index in [1.54, 1.807) is 12.2 Å². The van der Waals surface area contributed by atoms with Gasteiger partial charge in [0.2, 0.25) is 0 Å². The summed E-state index contributed by atoms with van der Waals surface area (Å²) in [5.74, 6) is 0.172. The van der Waals surface area contributed by atoms with Crippen LogP contribution in [0.5, 0.6) is 0 Å². The summed E-state index contributed by atoms with van der Waals surface area (Å²) in [6.45, 7) is 1.86. The molecular formula is C19H16O3. The number of esters is 1. The van der Waals surface area contributed by atoms with E-state index in [2.05, 4.69) is 0 Å². The third-order valence-corrected chi connectivity index (χ3v) is 3.34. The minimum absolute atomic E-state index is 0.376. The van der Waals surface area contributed by atoms with Gasteiger partial charge in [0.1, 0.15) is 11.3 Å². The van der Waals surface area contributed by atoms with Gasteiger partial charge in [-0.05, 0) is 18.6 Å². The van der Waals surface area contributed by atoms with E-state index in [0.717, 1.165) is 11.1 Å². The predicted octanol–water partition coefficient (Wildman–Crippen LogP) is 4.03. The van der Waals surface area contributed by atoms with Crippen LogP contribution in [0, 0.1) is 0 Å². The molecule has 0 unspecified atom stereocenters. The molecule has 0 fully saturated rings. The van der Waals surface area contributed by atoms with Crippen molar-refractivity contribution in [1.29, 1.82) is 0 Å². The van der Waals surface area contributed by atoms with Crippen LogP contribution in [-0.4, -0.2) is 12.3 Å². The van der Waals surface area contributed by atoms with E-state index in [-0.39, 0.29) is 5.97 Å². The fourth-order valence-electron chi connectivity index (χ4n) is 2.35. The second-order valence-electron chi connectivity index (χ2n) is 4.85. The first-order chi connectivity index (χ1) is 10.8. The maximum atomic E-state index is 12.5. The first-order valence-electron chi connectivity index (χ1n) is 7.15. The Kier molecular flexibility index (Phi) is 4.05. The molecule has 0 bridgehead atoms. The fourth-order valence-corrected chi connectivity index (χ4v) is 2.35. The molecule has 2 aromatic carbocycles. The van der Waals surface area contributed by atoms with Crippen molar-refractivity contribution in [3.8, 4) is 0 Å². The first kappa shape index (κ1) is 14.1. The molecule has 1 heterocycles. The smallest absolute Gasteiger partial charge is 0.345 e. The summed E-state index contributed by atoms with van der Waals surface area (Å²) in [6.07, 6.45) is 2.82. The molecule has 0 saturated carbocycles. The Morgan fingerprint density at radius 1 is 0.864 bits per heavy atom. The largest absolute Gasteiger partial charge is 0.449 e. The number of allylic oxidation sites excluding steroid dienone is 1. The Labute approximate surface area is 129 Å². The molecule has 0 radical (unpaired) electrons. The van der Waals surface area contributed by atoms with E-state index < -0.39 is 6.29 Å². The van der Waals surface area contributed by atoms with Crippen molar-refractivity contribution in [2.45, 2.75) is 13.2 Å². The van der Waals surface area contributed by atoms with Crippen LogP contribution in [0.1, 0.15) is 18.1 Å². The quantitative estimate of drug-likeness (QED) is 0.633. The van der Waals surface area contributed by atoms with Crippen LogP contribution in [0.2, 0.25) is 0 Å². The normalized spacial score (nSPS) is 18.2. The van der Waals surface area contributed by atoms with Crippen LogP contribution in [0.3, 0.4) is 0 Å². The molecule has 3 heteroatoms. The lowest BCUT2D eigenvalue weighted by Crippen LogP contribution is -2.26. The number of carbonyl (C=O) groups is 1. The molecule has 1 aliphatic rings. The number of carbonyl (C=O) groups excluding carboxylic acids is 1. The molecule has 0 N–H and O–H groups in total. The Hall–Kier alpha value is -2.81. The van der Waals surface area contributed by atoms with E-state index in [1.165, 1.54) is 0 Å². The minimum atomic E-state index is -0.694. The molecule has 0 spiro atoms. The fraction of sp³-hybridized carbons (Fsp3) is 0.105. The Bertz CT molecular complexity index is 715. The van der Waals surface area contributed by atoms with E-state index >= 15 is 0 Å². The van der Waals surface area contributed by atoms with Gasteiger partial charge in [-0.1, -0.05) is 66.7 Å². The van der Waals surface area contributed by atoms with Crippen molar-refractivity contribution >= 4 is 17.3 Å². The molecular weight excluding hydrogens is 276 g/mol. The van der Waals surface area contributed by atoms with Crippen LogP contribution < -0.4 is 0 Å². The van der Waals surface area contributed by atoms with Crippen LogP contribution in [0.15, 0.2) is 72.8 Å². The molecule has 2 aromatic rings. The third kappa shape index (κ3) is 2.79. The molecule has 3 nitrogen and oxygen atoms in total. The van der Waals surface area contributed by atoms with E-state index in [4.69, 9.17) is 9.47 Å². The minimum Gasteiger partial charge on any atom is -0.449 e. The van der Waals surface area contributed by atoms with E-state index in [1.807, 2.05) is 67.6 Å². The van der Waals surface area contributed by atoms with Gasteiger partial charge in [0.25, 0.3) is 6.29 Å². The van der Waals surface area contributed by atoms with Gasteiger partial charge in [0, 0.05) is 5.56 Å². The van der Waals surface area contributed by atoms with Crippen LogP contribution in [-0.2, 0) is 14.3 Å². The summed E-state index contributed by atoms with van der Waals surface area (Å²) in [5, 5.41) is 0. The molecule has 0 aromatic heterocycles. The lowest BCUT2D eigenvalue weighted by molar-refractivity contribution is -0.155. The highest BCUT2D eigenvalue weighted by atomic mass is 16.7. The number of hydrogen-bond donors (Lipinski definition) is 0. The second-order valence-corrected chi connectivity index (χ2v) is 4.85. The molecule has 1 atom stereocenters. The van der Waals surface area contributed by atoms with Crippen molar-refractivity contribution in [3.05, 3.63) is 83.9 Å². The maximum absolute atomic E-state index is 12.5. The van der Waals surface area contributed by atoms with E-state index in [9.17, 15) is 4.79 Å². The molecule has 3 rings (SSSR count). The zero-order valence-electron chi connectivity index (χ0n) is 12.2. The number of rotatable bonds is 3. The Balaban J connectivity index is 2.15. The highest BCUT2D eigenvalue weighted by molar-refractivity contribution is 6.24. The van der Waals surface area contributed by atoms with Crippen molar-refractivity contribution in [1.82, 2.24) is 0 Å². The molecule has 0 saturated heterocycles. The van der Waals surface area contributed by atoms with Gasteiger partial charge < -0.3 is 9.47 Å². The van der Waals surface area contributed by atoms with Gasteiger partial charge >= 0.3 is 5.97 Å². The molecule has 110 valence electrons. The zero-order chi connectivity index (χ0) is 15.4. The monoisotopic (exact) mass is 292 g/mol. The Morgan fingerprint density at radius 2 is 1.45 bits per heavy atom. The van der Waals surface area contributed by atoms with Crippen molar-refractivity contribution in [3.63, 3.8) is 0 Å². The SMILES string of the molecule is C/C=C/[C@@H]1OC(=O)C(c2ccccc2)=C(c2ccccc2)O1. The van der Waals surface area contributed by atoms with Gasteiger partial charge in [-0.15, -0.1) is 0 Å². The number of hydrogen-bond acceptors (Lipinski definition) is 3. The first-order valence-corrected chi connectivity index (χ1v) is 7.15. The Morgan fingerprint density at radius 3 is 2.05 bits per heavy atom. The summed E-state index contributed by atoms with van der Waals surface area (Å²) < 4.78 is 11.2. The molecule has 0 aliphatic carbocycles. The predicted molar refractivity (Wildman–Crippen MR) is 85.5 cm³/mol. The summed E-state index contributed by atoms with van der Waals surface area (Å²) >= 11 is 0. The molecule has 0 amide bonds. The summed E-state index contributed by atoms with van der Waals surface area (Å²) in [7, 11) is 0. The van der Waals surface area contributed by atoms with Crippen molar-refractivity contribution < 1.29 is 14.3 Å². The number of benzene rings is 2. The maximum Gasteiger partial charge on any atom is 0.345 e. The zero-order valence-corrected chi connectivity index (χ0v) is 12.2. The second kappa shape index (κ2) is 6.31. The van der Waals surface area contributed by atoms with Gasteiger partial charge in [0.05, 0.1) is 0 Å². The van der Waals surface area contributed by atoms with Crippen LogP contribution in [0.25, 0.3) is 11.3 Å². The summed E-state index contributed by atoms with van der Waals surface area (Å²) in [5.41, 5.74) is 2.09. The highest BCUT2D eigenvalue weighted by Gasteiger charge is 2.30. The number of ether oxygens (including phenoxy) is 2. The van der Waals surface area contributed by atoms with Gasteiger partial charge in [-0.3, -0.25) is 0 Å². The molecule has 1 aliphatic heterocycles.